The van der Waals surface area contributed by atoms with E-state index in [0.29, 0.717) is 19.5 Å². The van der Waals surface area contributed by atoms with Crippen molar-refractivity contribution in [2.45, 2.75) is 51.4 Å². The van der Waals surface area contributed by atoms with Crippen LogP contribution in [0.3, 0.4) is 0 Å². The van der Waals surface area contributed by atoms with Gasteiger partial charge in [0.15, 0.2) is 0 Å². The number of piperidine rings is 1. The van der Waals surface area contributed by atoms with E-state index in [-0.39, 0.29) is 30.8 Å². The fourth-order valence-electron chi connectivity index (χ4n) is 3.88. The number of rotatable bonds is 5. The first-order valence-corrected chi connectivity index (χ1v) is 9.55. The first-order valence-electron chi connectivity index (χ1n) is 9.55. The van der Waals surface area contributed by atoms with Gasteiger partial charge in [0, 0.05) is 38.5 Å². The van der Waals surface area contributed by atoms with Gasteiger partial charge >= 0.3 is 0 Å². The maximum absolute atomic E-state index is 14.0. The van der Waals surface area contributed by atoms with Crippen molar-refractivity contribution in [2.24, 2.45) is 0 Å². The predicted octanol–water partition coefficient (Wildman–Crippen LogP) is 1.90. The number of carbonyl (C=O) groups excluding carboxylic acids is 2. The molecule has 1 fully saturated rings. The second-order valence-corrected chi connectivity index (χ2v) is 7.38. The van der Waals surface area contributed by atoms with Crippen LogP contribution < -0.4 is 5.32 Å². The Labute approximate surface area is 154 Å². The van der Waals surface area contributed by atoms with Crippen molar-refractivity contribution in [3.05, 3.63) is 35.4 Å². The van der Waals surface area contributed by atoms with Gasteiger partial charge in [-0.05, 0) is 24.0 Å². The summed E-state index contributed by atoms with van der Waals surface area (Å²) in [6.45, 7) is 4.42. The number of fused-ring (bicyclic) bond motifs is 1. The molecule has 6 heteroatoms. The monoisotopic (exact) mass is 361 g/mol. The summed E-state index contributed by atoms with van der Waals surface area (Å²) in [5, 5.41) is 2.93. The van der Waals surface area contributed by atoms with Gasteiger partial charge in [-0.3, -0.25) is 14.5 Å². The number of alkyl halides is 1. The third-order valence-corrected chi connectivity index (χ3v) is 5.16. The molecule has 1 saturated heterocycles. The van der Waals surface area contributed by atoms with Gasteiger partial charge in [0.25, 0.3) is 0 Å². The fourth-order valence-corrected chi connectivity index (χ4v) is 3.88. The molecule has 0 unspecified atom stereocenters. The van der Waals surface area contributed by atoms with Gasteiger partial charge in [0.1, 0.15) is 6.17 Å². The molecular formula is C20H28FN3O2. The van der Waals surface area contributed by atoms with Gasteiger partial charge in [0.05, 0.1) is 13.1 Å². The van der Waals surface area contributed by atoms with Crippen LogP contribution in [0.4, 0.5) is 4.39 Å². The van der Waals surface area contributed by atoms with Gasteiger partial charge in [0.2, 0.25) is 11.8 Å². The van der Waals surface area contributed by atoms with E-state index in [2.05, 4.69) is 22.3 Å². The summed E-state index contributed by atoms with van der Waals surface area (Å²) < 4.78 is 14.0. The molecule has 0 spiro atoms. The van der Waals surface area contributed by atoms with E-state index >= 15 is 0 Å². The largest absolute Gasteiger partial charge is 0.350 e. The van der Waals surface area contributed by atoms with Crippen molar-refractivity contribution < 1.29 is 14.0 Å². The first-order chi connectivity index (χ1) is 12.5. The van der Waals surface area contributed by atoms with E-state index in [1.807, 2.05) is 19.1 Å². The summed E-state index contributed by atoms with van der Waals surface area (Å²) >= 11 is 0. The summed E-state index contributed by atoms with van der Waals surface area (Å²) in [7, 11) is 0. The molecule has 26 heavy (non-hydrogen) atoms. The Kier molecular flexibility index (Phi) is 6.25. The number of nitrogens with zero attached hydrogens (tertiary/aromatic N) is 2. The Hall–Kier alpha value is -1.95. The fraction of sp³-hybridized carbons (Fsp3) is 0.600. The van der Waals surface area contributed by atoms with E-state index in [1.54, 1.807) is 4.90 Å². The molecule has 5 nitrogen and oxygen atoms in total. The molecular weight excluding hydrogens is 333 g/mol. The van der Waals surface area contributed by atoms with E-state index in [0.717, 1.165) is 25.9 Å². The molecule has 0 saturated carbocycles. The van der Waals surface area contributed by atoms with E-state index < -0.39 is 6.17 Å². The van der Waals surface area contributed by atoms with Crippen LogP contribution in [-0.2, 0) is 22.6 Å². The summed E-state index contributed by atoms with van der Waals surface area (Å²) in [6.07, 6.45) is 1.33. The normalized spacial score (nSPS) is 23.4. The third-order valence-electron chi connectivity index (χ3n) is 5.16. The molecule has 2 atom stereocenters. The zero-order valence-electron chi connectivity index (χ0n) is 15.4. The van der Waals surface area contributed by atoms with Crippen molar-refractivity contribution in [2.75, 3.05) is 26.2 Å². The van der Waals surface area contributed by atoms with E-state index in [9.17, 15) is 14.0 Å². The third kappa shape index (κ3) is 4.81. The molecule has 2 aliphatic rings. The lowest BCUT2D eigenvalue weighted by Crippen LogP contribution is -2.54. The van der Waals surface area contributed by atoms with Crippen LogP contribution in [0.25, 0.3) is 0 Å². The number of carbonyl (C=O) groups is 2. The van der Waals surface area contributed by atoms with Gasteiger partial charge in [-0.25, -0.2) is 4.39 Å². The number of nitrogens with one attached hydrogen (secondary N) is 1. The van der Waals surface area contributed by atoms with Crippen molar-refractivity contribution in [1.29, 1.82) is 0 Å². The second kappa shape index (κ2) is 8.62. The summed E-state index contributed by atoms with van der Waals surface area (Å²) in [5.74, 6) is -0.117. The van der Waals surface area contributed by atoms with Crippen LogP contribution >= 0.6 is 0 Å². The van der Waals surface area contributed by atoms with Crippen molar-refractivity contribution in [3.63, 3.8) is 0 Å². The molecule has 142 valence electrons. The van der Waals surface area contributed by atoms with Gasteiger partial charge in [-0.1, -0.05) is 31.2 Å². The SMILES string of the molecule is CCCC(=O)N1C[C@H](F)C[C@H](NC(=O)CN2CCc3ccccc3C2)C1. The number of benzene rings is 1. The minimum atomic E-state index is -1.07. The van der Waals surface area contributed by atoms with Crippen molar-refractivity contribution in [3.8, 4) is 0 Å². The molecule has 2 amide bonds. The highest BCUT2D eigenvalue weighted by Gasteiger charge is 2.30. The maximum Gasteiger partial charge on any atom is 0.234 e. The average molecular weight is 361 g/mol. The number of hydrogen-bond acceptors (Lipinski definition) is 3. The van der Waals surface area contributed by atoms with Gasteiger partial charge in [-0.2, -0.15) is 0 Å². The number of halogens is 1. The summed E-state index contributed by atoms with van der Waals surface area (Å²) in [4.78, 5) is 28.1. The predicted molar refractivity (Wildman–Crippen MR) is 98.4 cm³/mol. The summed E-state index contributed by atoms with van der Waals surface area (Å²) in [6, 6.07) is 8.00. The minimum absolute atomic E-state index is 0.0262. The highest BCUT2D eigenvalue weighted by molar-refractivity contribution is 5.79. The standard InChI is InChI=1S/C20H28FN3O2/c1-2-5-20(26)24-12-17(21)10-18(13-24)22-19(25)14-23-9-8-15-6-3-4-7-16(15)11-23/h3-4,6-7,17-18H,2,5,8-14H2,1H3,(H,22,25)/t17-,18+/m1/s1. The zero-order valence-corrected chi connectivity index (χ0v) is 15.4. The highest BCUT2D eigenvalue weighted by Crippen LogP contribution is 2.19. The Morgan fingerprint density at radius 3 is 2.77 bits per heavy atom. The Morgan fingerprint density at radius 2 is 2.00 bits per heavy atom. The number of likely N-dealkylation sites (tertiary alicyclic amines) is 1. The molecule has 1 aromatic carbocycles. The van der Waals surface area contributed by atoms with Gasteiger partial charge in [-0.15, -0.1) is 0 Å². The molecule has 3 rings (SSSR count). The van der Waals surface area contributed by atoms with Crippen LogP contribution in [0, 0.1) is 0 Å². The van der Waals surface area contributed by atoms with Crippen LogP contribution in [-0.4, -0.2) is 60.0 Å². The lowest BCUT2D eigenvalue weighted by atomic mass is 10.00. The lowest BCUT2D eigenvalue weighted by molar-refractivity contribution is -0.135. The Bertz CT molecular complexity index is 652. The molecule has 0 bridgehead atoms. The Morgan fingerprint density at radius 1 is 1.23 bits per heavy atom. The van der Waals surface area contributed by atoms with Crippen LogP contribution in [0.15, 0.2) is 24.3 Å². The van der Waals surface area contributed by atoms with Crippen LogP contribution in [0.2, 0.25) is 0 Å². The smallest absolute Gasteiger partial charge is 0.234 e. The zero-order chi connectivity index (χ0) is 18.5. The molecule has 0 radical (unpaired) electrons. The van der Waals surface area contributed by atoms with E-state index in [4.69, 9.17) is 0 Å². The molecule has 2 heterocycles. The highest BCUT2D eigenvalue weighted by atomic mass is 19.1. The average Bonchev–Trinajstić information content (AvgIpc) is 2.61. The van der Waals surface area contributed by atoms with Gasteiger partial charge < -0.3 is 10.2 Å². The van der Waals surface area contributed by atoms with Crippen molar-refractivity contribution in [1.82, 2.24) is 15.1 Å². The van der Waals surface area contributed by atoms with Crippen LogP contribution in [0.5, 0.6) is 0 Å². The first kappa shape index (κ1) is 18.8. The molecule has 0 aromatic heterocycles. The molecule has 2 aliphatic heterocycles. The minimum Gasteiger partial charge on any atom is -0.350 e. The Balaban J connectivity index is 1.51. The number of hydrogen-bond donors (Lipinski definition) is 1. The second-order valence-electron chi connectivity index (χ2n) is 7.38. The van der Waals surface area contributed by atoms with E-state index in [1.165, 1.54) is 11.1 Å². The molecule has 1 N–H and O–H groups in total. The quantitative estimate of drug-likeness (QED) is 0.872. The molecule has 0 aliphatic carbocycles. The summed E-state index contributed by atoms with van der Waals surface area (Å²) in [5.41, 5.74) is 2.62. The van der Waals surface area contributed by atoms with Crippen molar-refractivity contribution >= 4 is 11.8 Å². The van der Waals surface area contributed by atoms with Crippen LogP contribution in [0.1, 0.15) is 37.3 Å². The number of amides is 2. The molecule has 1 aromatic rings. The lowest BCUT2D eigenvalue weighted by Gasteiger charge is -2.36. The maximum atomic E-state index is 14.0. The topological polar surface area (TPSA) is 52.7 Å².